The van der Waals surface area contributed by atoms with Crippen LogP contribution in [0, 0.1) is 11.8 Å². The quantitative estimate of drug-likeness (QED) is 0.566. The van der Waals surface area contributed by atoms with Crippen LogP contribution in [0.3, 0.4) is 0 Å². The van der Waals surface area contributed by atoms with E-state index >= 15 is 0 Å². The molecule has 3 nitrogen and oxygen atoms in total. The molecule has 0 spiro atoms. The van der Waals surface area contributed by atoms with Crippen LogP contribution < -0.4 is 4.90 Å². The minimum Gasteiger partial charge on any atom is -0.274 e. The lowest BCUT2D eigenvalue weighted by Gasteiger charge is -2.26. The predicted molar refractivity (Wildman–Crippen MR) is 110 cm³/mol. The third-order valence-corrected chi connectivity index (χ3v) is 6.22. The first-order valence-electron chi connectivity index (χ1n) is 9.00. The van der Waals surface area contributed by atoms with E-state index in [1.165, 1.54) is 4.90 Å². The van der Waals surface area contributed by atoms with Gasteiger partial charge in [-0.25, -0.2) is 4.90 Å². The molecule has 5 heteroatoms. The van der Waals surface area contributed by atoms with Gasteiger partial charge in [-0.3, -0.25) is 9.59 Å². The molecule has 3 aromatic carbocycles. The second-order valence-electron chi connectivity index (χ2n) is 7.20. The molecule has 138 valence electrons. The van der Waals surface area contributed by atoms with Crippen LogP contribution in [0.2, 0.25) is 10.0 Å². The lowest BCUT2D eigenvalue weighted by molar-refractivity contribution is -0.124. The second kappa shape index (κ2) is 6.20. The summed E-state index contributed by atoms with van der Waals surface area (Å²) >= 11 is 12.2. The number of imide groups is 1. The van der Waals surface area contributed by atoms with E-state index < -0.39 is 17.3 Å². The van der Waals surface area contributed by atoms with E-state index in [-0.39, 0.29) is 11.8 Å². The first-order valence-corrected chi connectivity index (χ1v) is 9.75. The summed E-state index contributed by atoms with van der Waals surface area (Å²) in [6, 6.07) is 24.4. The third-order valence-electron chi connectivity index (χ3n) is 5.79. The van der Waals surface area contributed by atoms with Gasteiger partial charge in [-0.05, 0) is 29.3 Å². The molecule has 1 aliphatic heterocycles. The summed E-state index contributed by atoms with van der Waals surface area (Å²) in [5.41, 5.74) is 1.79. The highest BCUT2D eigenvalue weighted by Crippen LogP contribution is 2.68. The molecule has 0 bridgehead atoms. The first-order chi connectivity index (χ1) is 13.5. The predicted octanol–water partition coefficient (Wildman–Crippen LogP) is 5.10. The largest absolute Gasteiger partial charge is 0.274 e. The van der Waals surface area contributed by atoms with Crippen LogP contribution in [-0.4, -0.2) is 11.8 Å². The van der Waals surface area contributed by atoms with Gasteiger partial charge in [0.1, 0.15) is 0 Å². The number of carbonyl (C=O) groups is 2. The first kappa shape index (κ1) is 17.5. The van der Waals surface area contributed by atoms with E-state index in [0.717, 1.165) is 11.1 Å². The SMILES string of the molecule is O=C1C2C(C(=O)N1c1cc(Cl)cc(Cl)c1)C2(c1ccccc1)c1ccccc1. The van der Waals surface area contributed by atoms with Crippen molar-refractivity contribution < 1.29 is 9.59 Å². The minimum atomic E-state index is -0.616. The smallest absolute Gasteiger partial charge is 0.239 e. The summed E-state index contributed by atoms with van der Waals surface area (Å²) in [5, 5.41) is 0.780. The molecule has 2 amide bonds. The van der Waals surface area contributed by atoms with Gasteiger partial charge >= 0.3 is 0 Å². The number of halogens is 2. The summed E-state index contributed by atoms with van der Waals surface area (Å²) in [4.78, 5) is 28.0. The Morgan fingerprint density at radius 1 is 0.679 bits per heavy atom. The van der Waals surface area contributed by atoms with Crippen molar-refractivity contribution in [3.63, 3.8) is 0 Å². The summed E-state index contributed by atoms with van der Waals surface area (Å²) in [6.45, 7) is 0. The van der Waals surface area contributed by atoms with E-state index in [1.807, 2.05) is 60.7 Å². The highest BCUT2D eigenvalue weighted by atomic mass is 35.5. The Morgan fingerprint density at radius 3 is 1.54 bits per heavy atom. The topological polar surface area (TPSA) is 37.4 Å². The van der Waals surface area contributed by atoms with Crippen molar-refractivity contribution in [2.24, 2.45) is 11.8 Å². The van der Waals surface area contributed by atoms with E-state index in [0.29, 0.717) is 15.7 Å². The van der Waals surface area contributed by atoms with Crippen molar-refractivity contribution in [2.75, 3.05) is 4.90 Å². The molecule has 2 atom stereocenters. The summed E-state index contributed by atoms with van der Waals surface area (Å²) in [7, 11) is 0. The molecule has 2 unspecified atom stereocenters. The molecular formula is C23H15Cl2NO2. The second-order valence-corrected chi connectivity index (χ2v) is 8.07. The number of benzene rings is 3. The fourth-order valence-corrected chi connectivity index (χ4v) is 5.20. The van der Waals surface area contributed by atoms with Crippen molar-refractivity contribution in [2.45, 2.75) is 5.41 Å². The van der Waals surface area contributed by atoms with Gasteiger partial charge in [0.05, 0.1) is 17.5 Å². The fourth-order valence-electron chi connectivity index (χ4n) is 4.68. The molecule has 1 saturated heterocycles. The van der Waals surface area contributed by atoms with Gasteiger partial charge in [0.15, 0.2) is 0 Å². The lowest BCUT2D eigenvalue weighted by Crippen LogP contribution is -2.39. The number of hydrogen-bond acceptors (Lipinski definition) is 2. The molecule has 2 aliphatic rings. The zero-order valence-corrected chi connectivity index (χ0v) is 16.2. The van der Waals surface area contributed by atoms with E-state index in [9.17, 15) is 9.59 Å². The van der Waals surface area contributed by atoms with Crippen LogP contribution >= 0.6 is 23.2 Å². The maximum Gasteiger partial charge on any atom is 0.239 e. The summed E-state index contributed by atoms with van der Waals surface area (Å²) in [6.07, 6.45) is 0. The van der Waals surface area contributed by atoms with Crippen LogP contribution in [0.4, 0.5) is 5.69 Å². The molecule has 5 rings (SSSR count). The van der Waals surface area contributed by atoms with Gasteiger partial charge in [0.2, 0.25) is 11.8 Å². The number of anilines is 1. The molecule has 0 aromatic heterocycles. The Kier molecular flexibility index (Phi) is 3.87. The van der Waals surface area contributed by atoms with E-state index in [2.05, 4.69) is 0 Å². The van der Waals surface area contributed by atoms with E-state index in [1.54, 1.807) is 18.2 Å². The summed E-state index contributed by atoms with van der Waals surface area (Å²) < 4.78 is 0. The monoisotopic (exact) mass is 407 g/mol. The van der Waals surface area contributed by atoms with Gasteiger partial charge in [-0.2, -0.15) is 0 Å². The zero-order valence-electron chi connectivity index (χ0n) is 14.7. The normalized spacial score (nSPS) is 22.3. The van der Waals surface area contributed by atoms with Gasteiger partial charge in [-0.1, -0.05) is 83.9 Å². The maximum atomic E-state index is 13.4. The minimum absolute atomic E-state index is 0.207. The van der Waals surface area contributed by atoms with Gasteiger partial charge in [-0.15, -0.1) is 0 Å². The third kappa shape index (κ3) is 2.30. The number of nitrogens with zero attached hydrogens (tertiary/aromatic N) is 1. The maximum absolute atomic E-state index is 13.4. The van der Waals surface area contributed by atoms with Crippen molar-refractivity contribution in [1.29, 1.82) is 0 Å². The molecular weight excluding hydrogens is 393 g/mol. The highest BCUT2D eigenvalue weighted by Gasteiger charge is 2.78. The Balaban J connectivity index is 1.62. The van der Waals surface area contributed by atoms with Crippen molar-refractivity contribution in [3.05, 3.63) is 100 Å². The number of piperidine rings is 1. The number of fused-ring (bicyclic) bond motifs is 1. The van der Waals surface area contributed by atoms with Gasteiger partial charge in [0.25, 0.3) is 0 Å². The van der Waals surface area contributed by atoms with Crippen LogP contribution in [0.5, 0.6) is 0 Å². The molecule has 1 saturated carbocycles. The average Bonchev–Trinajstić information content (AvgIpc) is 3.32. The Labute approximate surface area is 172 Å². The number of amides is 2. The van der Waals surface area contributed by atoms with Crippen molar-refractivity contribution in [3.8, 4) is 0 Å². The van der Waals surface area contributed by atoms with Gasteiger partial charge < -0.3 is 0 Å². The highest BCUT2D eigenvalue weighted by molar-refractivity contribution is 6.36. The van der Waals surface area contributed by atoms with E-state index in [4.69, 9.17) is 23.2 Å². The molecule has 0 N–H and O–H groups in total. The molecule has 3 aromatic rings. The molecule has 2 fully saturated rings. The van der Waals surface area contributed by atoms with Crippen molar-refractivity contribution >= 4 is 40.7 Å². The number of hydrogen-bond donors (Lipinski definition) is 0. The molecule has 1 aliphatic carbocycles. The molecule has 28 heavy (non-hydrogen) atoms. The number of carbonyl (C=O) groups excluding carboxylic acids is 2. The fraction of sp³-hybridized carbons (Fsp3) is 0.130. The summed E-state index contributed by atoms with van der Waals surface area (Å²) in [5.74, 6) is -1.27. The van der Waals surface area contributed by atoms with Crippen LogP contribution in [0.1, 0.15) is 11.1 Å². The lowest BCUT2D eigenvalue weighted by atomic mass is 9.83. The van der Waals surface area contributed by atoms with Crippen molar-refractivity contribution in [1.82, 2.24) is 0 Å². The van der Waals surface area contributed by atoms with Crippen LogP contribution in [0.25, 0.3) is 0 Å². The van der Waals surface area contributed by atoms with Crippen LogP contribution in [-0.2, 0) is 15.0 Å². The zero-order chi connectivity index (χ0) is 19.5. The standard InChI is InChI=1S/C23H15Cl2NO2/c24-16-11-17(25)13-18(12-16)26-21(27)19-20(22(26)28)23(19,14-7-3-1-4-8-14)15-9-5-2-6-10-15/h1-13,19-20H. The number of rotatable bonds is 3. The van der Waals surface area contributed by atoms with Crippen LogP contribution in [0.15, 0.2) is 78.9 Å². The Hall–Kier alpha value is -2.62. The Bertz CT molecular complexity index is 1010. The molecule has 0 radical (unpaired) electrons. The average molecular weight is 408 g/mol. The Morgan fingerprint density at radius 2 is 1.11 bits per heavy atom. The van der Waals surface area contributed by atoms with Gasteiger partial charge in [0, 0.05) is 15.5 Å². The molecule has 1 heterocycles.